The molecule has 0 atom stereocenters. The molecule has 0 radical (unpaired) electrons. The lowest BCUT2D eigenvalue weighted by Gasteiger charge is -2.50. The van der Waals surface area contributed by atoms with Crippen molar-refractivity contribution in [2.24, 2.45) is 0 Å². The van der Waals surface area contributed by atoms with Crippen LogP contribution in [0.15, 0.2) is 72.8 Å². The van der Waals surface area contributed by atoms with E-state index in [0.717, 1.165) is 55.4 Å². The molecular weight excluding hydrogens is 811 g/mol. The van der Waals surface area contributed by atoms with Gasteiger partial charge in [0, 0.05) is 63.6 Å². The van der Waals surface area contributed by atoms with E-state index in [1.54, 1.807) is 0 Å². The second-order valence-electron chi connectivity index (χ2n) is 20.0. The number of benzene rings is 5. The Morgan fingerprint density at radius 3 is 1.44 bits per heavy atom. The highest BCUT2D eigenvalue weighted by Crippen LogP contribution is 2.42. The van der Waals surface area contributed by atoms with Gasteiger partial charge in [0.05, 0.1) is 11.1 Å². The average Bonchev–Trinajstić information content (AvgIpc) is 3.22. The Balaban J connectivity index is 1.43. The number of hydrogen-bond donors (Lipinski definition) is 5. The summed E-state index contributed by atoms with van der Waals surface area (Å²) >= 11 is 0. The Bertz CT molecular complexity index is 2940. The van der Waals surface area contributed by atoms with Crippen LogP contribution in [-0.4, -0.2) is 89.2 Å². The van der Waals surface area contributed by atoms with Gasteiger partial charge >= 0.3 is 11.9 Å². The van der Waals surface area contributed by atoms with Crippen LogP contribution in [0.3, 0.4) is 0 Å². The highest BCUT2D eigenvalue weighted by Gasteiger charge is 2.45. The van der Waals surface area contributed by atoms with Crippen LogP contribution in [0.1, 0.15) is 151 Å². The Labute approximate surface area is 372 Å². The predicted molar refractivity (Wildman–Crippen MR) is 247 cm³/mol. The maximum absolute atomic E-state index is 14.3. The molecule has 12 nitrogen and oxygen atoms in total. The summed E-state index contributed by atoms with van der Waals surface area (Å²) in [5.74, 6) is -4.40. The van der Waals surface area contributed by atoms with E-state index in [1.807, 2.05) is 80.6 Å². The van der Waals surface area contributed by atoms with Crippen LogP contribution in [0, 0.1) is 0 Å². The first-order valence-corrected chi connectivity index (χ1v) is 21.5. The fourth-order valence-corrected chi connectivity index (χ4v) is 10.5. The molecule has 2 aliphatic rings. The number of anilines is 1. The van der Waals surface area contributed by atoms with Gasteiger partial charge in [0.1, 0.15) is 0 Å². The summed E-state index contributed by atoms with van der Waals surface area (Å²) < 4.78 is 0. The summed E-state index contributed by atoms with van der Waals surface area (Å²) in [5.41, 5.74) is 0.628. The highest BCUT2D eigenvalue weighted by atomic mass is 16.5. The van der Waals surface area contributed by atoms with Gasteiger partial charge in [0.2, 0.25) is 0 Å². The molecule has 334 valence electrons. The van der Waals surface area contributed by atoms with E-state index < -0.39 is 51.4 Å². The number of piperidine rings is 2. The van der Waals surface area contributed by atoms with Crippen LogP contribution >= 0.6 is 0 Å². The standard InChI is InChI=1S/C52H57N3O9/c1-28(56)39-21-30(13-17-38(39)47(59)60)46(58)31-12-16-35(42(22-31)48(61)62)43(57)20-29-11-15-36-40(19-29)44(32-24-49(2,3)54(63)50(4,5)25-32)37-18-14-34(53-10)23-41(37)45(36)33-26-51(6,7)55(64)52(8,9)27-33/h11-19,21-23,53,63-64H,20,24-27H2,1-10H3,(H,59,60)(H,61,62). The van der Waals surface area contributed by atoms with E-state index in [1.165, 1.54) is 46.9 Å². The van der Waals surface area contributed by atoms with E-state index in [2.05, 4.69) is 23.5 Å². The summed E-state index contributed by atoms with van der Waals surface area (Å²) in [6.45, 7) is 17.4. The van der Waals surface area contributed by atoms with Crippen molar-refractivity contribution in [2.75, 3.05) is 12.4 Å². The zero-order chi connectivity index (χ0) is 47.0. The molecule has 5 aromatic rings. The van der Waals surface area contributed by atoms with Crippen molar-refractivity contribution in [3.05, 3.63) is 122 Å². The minimum absolute atomic E-state index is 0.00633. The molecule has 2 heterocycles. The molecule has 2 fully saturated rings. The normalized spacial score (nSPS) is 18.2. The van der Waals surface area contributed by atoms with Gasteiger partial charge in [-0.15, -0.1) is 0 Å². The van der Waals surface area contributed by atoms with Crippen molar-refractivity contribution in [3.63, 3.8) is 0 Å². The average molecular weight is 868 g/mol. The number of ketones is 3. The number of carbonyl (C=O) groups excluding carboxylic acids is 3. The van der Waals surface area contributed by atoms with Gasteiger partial charge in [-0.25, -0.2) is 9.59 Å². The Morgan fingerprint density at radius 2 is 0.984 bits per heavy atom. The number of hydroxylamine groups is 4. The first kappa shape index (κ1) is 46.0. The number of Topliss-reactive ketones (excluding diaryl/α,β-unsaturated/α-hetero) is 2. The summed E-state index contributed by atoms with van der Waals surface area (Å²) in [4.78, 5) is 64.6. The molecule has 0 saturated carbocycles. The molecule has 0 aromatic heterocycles. The summed E-state index contributed by atoms with van der Waals surface area (Å²) in [5, 5.41) is 54.9. The van der Waals surface area contributed by atoms with Crippen molar-refractivity contribution in [1.82, 2.24) is 10.1 Å². The molecule has 2 saturated heterocycles. The SMILES string of the molecule is CNc1ccc2c(=C3CC(C)(C)N(O)C(C)(C)C3)c3cc(CC(=O)c4ccc(C(=O)c5ccc(C(=O)O)c(C(C)=O)c5)cc4C(=O)O)ccc3c(=C3CC(C)(C)N(O)C(C)(C)C3)c2c1. The third-order valence-corrected chi connectivity index (χ3v) is 13.1. The van der Waals surface area contributed by atoms with Crippen LogP contribution in [0.25, 0.3) is 32.7 Å². The highest BCUT2D eigenvalue weighted by molar-refractivity contribution is 6.15. The third-order valence-electron chi connectivity index (χ3n) is 13.1. The number of carboxylic acids is 2. The second-order valence-corrected chi connectivity index (χ2v) is 20.0. The minimum Gasteiger partial charge on any atom is -0.478 e. The van der Waals surface area contributed by atoms with E-state index >= 15 is 0 Å². The van der Waals surface area contributed by atoms with Gasteiger partial charge in [-0.2, -0.15) is 10.1 Å². The molecule has 64 heavy (non-hydrogen) atoms. The van der Waals surface area contributed by atoms with Gasteiger partial charge in [0.15, 0.2) is 17.3 Å². The number of aromatic carboxylic acids is 2. The number of carbonyl (C=O) groups is 5. The third kappa shape index (κ3) is 8.15. The zero-order valence-corrected chi connectivity index (χ0v) is 38.2. The van der Waals surface area contributed by atoms with E-state index in [4.69, 9.17) is 0 Å². The van der Waals surface area contributed by atoms with Gasteiger partial charge in [-0.1, -0.05) is 47.5 Å². The zero-order valence-electron chi connectivity index (χ0n) is 38.2. The smallest absolute Gasteiger partial charge is 0.336 e. The lowest BCUT2D eigenvalue weighted by molar-refractivity contribution is -0.228. The lowest BCUT2D eigenvalue weighted by Crippen LogP contribution is -2.57. The number of nitrogens with zero attached hydrogens (tertiary/aromatic N) is 2. The Hall–Kier alpha value is -6.05. The molecule has 0 aliphatic carbocycles. The number of rotatable bonds is 9. The maximum atomic E-state index is 14.3. The second kappa shape index (κ2) is 16.2. The number of hydrogen-bond acceptors (Lipinski definition) is 10. The molecule has 7 rings (SSSR count). The van der Waals surface area contributed by atoms with Gasteiger partial charge in [-0.3, -0.25) is 14.4 Å². The van der Waals surface area contributed by atoms with Crippen molar-refractivity contribution in [2.45, 2.75) is 117 Å². The fraction of sp³-hybridized carbons (Fsp3) is 0.365. The largest absolute Gasteiger partial charge is 0.478 e. The van der Waals surface area contributed by atoms with E-state index in [-0.39, 0.29) is 39.8 Å². The molecule has 5 N–H and O–H groups in total. The molecule has 5 aromatic carbocycles. The van der Waals surface area contributed by atoms with E-state index in [9.17, 15) is 44.6 Å². The summed E-state index contributed by atoms with van der Waals surface area (Å²) in [7, 11) is 1.89. The van der Waals surface area contributed by atoms with Crippen molar-refractivity contribution in [3.8, 4) is 0 Å². The van der Waals surface area contributed by atoms with Gasteiger partial charge < -0.3 is 25.9 Å². The first-order valence-electron chi connectivity index (χ1n) is 21.5. The lowest BCUT2D eigenvalue weighted by atomic mass is 9.75. The maximum Gasteiger partial charge on any atom is 0.336 e. The van der Waals surface area contributed by atoms with Crippen LogP contribution in [0.5, 0.6) is 0 Å². The van der Waals surface area contributed by atoms with Gasteiger partial charge in [-0.05, 0) is 162 Å². The fourth-order valence-electron chi connectivity index (χ4n) is 10.5. The van der Waals surface area contributed by atoms with Crippen LogP contribution < -0.4 is 15.8 Å². The molecule has 0 bridgehead atoms. The van der Waals surface area contributed by atoms with Gasteiger partial charge in [0.25, 0.3) is 0 Å². The topological polar surface area (TPSA) is 185 Å². The summed E-state index contributed by atoms with van der Waals surface area (Å²) in [6.07, 6.45) is 2.17. The van der Waals surface area contributed by atoms with Crippen molar-refractivity contribution >= 4 is 67.7 Å². The minimum atomic E-state index is -1.41. The van der Waals surface area contributed by atoms with Crippen LogP contribution in [0.2, 0.25) is 0 Å². The van der Waals surface area contributed by atoms with Crippen LogP contribution in [-0.2, 0) is 6.42 Å². The van der Waals surface area contributed by atoms with Crippen molar-refractivity contribution < 1.29 is 44.6 Å². The monoisotopic (exact) mass is 867 g/mol. The molecule has 0 spiro atoms. The number of carboxylic acid groups (broad SMARTS) is 2. The Morgan fingerprint density at radius 1 is 0.547 bits per heavy atom. The van der Waals surface area contributed by atoms with E-state index in [0.29, 0.717) is 31.2 Å². The molecule has 2 aliphatic heterocycles. The predicted octanol–water partition coefficient (Wildman–Crippen LogP) is 8.68. The van der Waals surface area contributed by atoms with Crippen molar-refractivity contribution in [1.29, 1.82) is 0 Å². The Kier molecular flexibility index (Phi) is 11.6. The number of nitrogens with one attached hydrogen (secondary N) is 1. The molecule has 0 unspecified atom stereocenters. The summed E-state index contributed by atoms with van der Waals surface area (Å²) in [6, 6.07) is 19.8. The molecule has 12 heteroatoms. The molecular formula is C52H57N3O9. The molecule has 0 amide bonds. The van der Waals surface area contributed by atoms with Crippen LogP contribution in [0.4, 0.5) is 5.69 Å². The first-order chi connectivity index (χ1) is 29.8. The number of fused-ring (bicyclic) bond motifs is 2. The quantitative estimate of drug-likeness (QED) is 0.0703.